The van der Waals surface area contributed by atoms with E-state index in [1.807, 2.05) is 54.8 Å². The second-order valence-electron chi connectivity index (χ2n) is 17.5. The van der Waals surface area contributed by atoms with Crippen molar-refractivity contribution in [3.63, 3.8) is 0 Å². The van der Waals surface area contributed by atoms with Gasteiger partial charge in [-0.1, -0.05) is 48.5 Å². The van der Waals surface area contributed by atoms with Gasteiger partial charge in [-0.2, -0.15) is 0 Å². The van der Waals surface area contributed by atoms with Crippen LogP contribution in [0.3, 0.4) is 0 Å². The minimum Gasteiger partial charge on any atom is -0.381 e. The van der Waals surface area contributed by atoms with Gasteiger partial charge in [0.15, 0.2) is 5.82 Å². The van der Waals surface area contributed by atoms with Gasteiger partial charge in [0, 0.05) is 50.7 Å². The van der Waals surface area contributed by atoms with E-state index < -0.39 is 17.3 Å². The summed E-state index contributed by atoms with van der Waals surface area (Å²) in [5, 5.41) is 5.04. The van der Waals surface area contributed by atoms with Crippen molar-refractivity contribution in [3.05, 3.63) is 138 Å². The van der Waals surface area contributed by atoms with Gasteiger partial charge in [0.2, 0.25) is 5.95 Å². The van der Waals surface area contributed by atoms with Gasteiger partial charge in [0.05, 0.1) is 23.5 Å². The molecule has 62 heavy (non-hydrogen) atoms. The number of rotatable bonds is 8. The molecule has 1 aliphatic carbocycles. The third kappa shape index (κ3) is 6.22. The summed E-state index contributed by atoms with van der Waals surface area (Å²) in [6, 6.07) is 20.0. The zero-order valence-electron chi connectivity index (χ0n) is 35.5. The lowest BCUT2D eigenvalue weighted by atomic mass is 9.91. The number of hydrogen-bond donors (Lipinski definition) is 1. The van der Waals surface area contributed by atoms with Crippen LogP contribution in [-0.2, 0) is 16.7 Å². The number of nitrogens with one attached hydrogen (secondary N) is 1. The van der Waals surface area contributed by atoms with Crippen molar-refractivity contribution in [2.75, 3.05) is 37.7 Å². The van der Waals surface area contributed by atoms with E-state index in [4.69, 9.17) is 14.2 Å². The van der Waals surface area contributed by atoms with E-state index in [2.05, 4.69) is 35.3 Å². The molecule has 3 aliphatic heterocycles. The number of carbonyl (C=O) groups excluding carboxylic acids is 2. The standard InChI is InChI=1S/C47H49FN8O6.H2/c1-26-21-35(22-27(2)39(26)48)55-41(57)36-13-16-52(30(5)40(36)49-44(55)54-18-17-53(46(54)60)29(4)31-9-7-6-8-10-31)42(58)38-24-34-23-33(32-14-19-61-20-15-32)11-12-37(34)56(38)47(25-28(47)3)43-50-45(59)62-51-43;/h6-12,21-24,28-30,32H,13-20,25H2,1-5H3,(H,50,51,59);1H/t28-,29+,30-,47+;/m1./s1. The minimum absolute atomic E-state index is 0. The molecule has 14 nitrogen and oxygen atoms in total. The highest BCUT2D eigenvalue weighted by molar-refractivity contribution is 6.00. The van der Waals surface area contributed by atoms with E-state index in [1.54, 1.807) is 35.8 Å². The van der Waals surface area contributed by atoms with E-state index in [0.717, 1.165) is 29.3 Å². The first-order valence-corrected chi connectivity index (χ1v) is 21.5. The highest BCUT2D eigenvalue weighted by Gasteiger charge is 2.59. The molecule has 322 valence electrons. The number of aromatic amines is 1. The van der Waals surface area contributed by atoms with Crippen LogP contribution in [0.25, 0.3) is 16.6 Å². The summed E-state index contributed by atoms with van der Waals surface area (Å²) in [6.07, 6.45) is 2.65. The molecule has 1 saturated carbocycles. The van der Waals surface area contributed by atoms with Crippen LogP contribution in [0, 0.1) is 25.6 Å². The molecule has 3 fully saturated rings. The SMILES string of the molecule is Cc1cc(-n2c(N3CCN([C@@H](C)c4ccccc4)C3=O)nc3c(c2=O)CCN(C(=O)c2cc4cc(C5CCOCC5)ccc4n2[C@@]2(c4noc(=O)[nH]4)C[C@H]2C)[C@@H]3C)cc(C)c1F.[HH]. The number of urea groups is 1. The minimum atomic E-state index is -0.834. The zero-order valence-corrected chi connectivity index (χ0v) is 35.5. The van der Waals surface area contributed by atoms with Crippen LogP contribution < -0.4 is 16.2 Å². The largest absolute Gasteiger partial charge is 0.438 e. The molecule has 1 N–H and O–H groups in total. The van der Waals surface area contributed by atoms with Gasteiger partial charge in [-0.25, -0.2) is 23.5 Å². The van der Waals surface area contributed by atoms with Gasteiger partial charge < -0.3 is 19.1 Å². The average molecular weight is 843 g/mol. The van der Waals surface area contributed by atoms with Gasteiger partial charge in [-0.3, -0.25) is 24.0 Å². The number of benzene rings is 3. The number of halogens is 1. The number of fused-ring (bicyclic) bond motifs is 2. The second kappa shape index (κ2) is 14.9. The summed E-state index contributed by atoms with van der Waals surface area (Å²) in [6.45, 7) is 11.5. The first-order chi connectivity index (χ1) is 29.9. The number of carbonyl (C=O) groups is 2. The van der Waals surface area contributed by atoms with Gasteiger partial charge in [-0.05, 0) is 118 Å². The van der Waals surface area contributed by atoms with Gasteiger partial charge >= 0.3 is 11.8 Å². The van der Waals surface area contributed by atoms with Crippen LogP contribution in [-0.4, -0.2) is 78.8 Å². The lowest BCUT2D eigenvalue weighted by molar-refractivity contribution is 0.0658. The Balaban J connectivity index is 0.00000504. The van der Waals surface area contributed by atoms with Gasteiger partial charge in [0.1, 0.15) is 17.1 Å². The summed E-state index contributed by atoms with van der Waals surface area (Å²) in [5.74, 6) is -0.486. The van der Waals surface area contributed by atoms with Crippen molar-refractivity contribution in [2.45, 2.75) is 83.8 Å². The Bertz CT molecular complexity index is 2880. The first kappa shape index (κ1) is 39.8. The molecular weight excluding hydrogens is 792 g/mol. The highest BCUT2D eigenvalue weighted by atomic mass is 19.1. The fraction of sp³-hybridized carbons (Fsp3) is 0.404. The lowest BCUT2D eigenvalue weighted by Crippen LogP contribution is -2.45. The van der Waals surface area contributed by atoms with Crippen LogP contribution in [0.1, 0.15) is 109 Å². The molecule has 0 radical (unpaired) electrons. The molecule has 0 spiro atoms. The number of aryl methyl sites for hydroxylation is 2. The second-order valence-corrected chi connectivity index (χ2v) is 17.5. The summed E-state index contributed by atoms with van der Waals surface area (Å²) in [4.78, 5) is 70.0. The fourth-order valence-corrected chi connectivity index (χ4v) is 10.3. The normalized spacial score (nSPS) is 22.1. The molecule has 3 aromatic carbocycles. The molecule has 0 unspecified atom stereocenters. The van der Waals surface area contributed by atoms with Crippen molar-refractivity contribution >= 4 is 28.8 Å². The molecule has 15 heteroatoms. The molecule has 4 aliphatic rings. The van der Waals surface area contributed by atoms with E-state index in [-0.39, 0.29) is 62.2 Å². The molecule has 6 aromatic rings. The van der Waals surface area contributed by atoms with Crippen LogP contribution in [0.15, 0.2) is 80.8 Å². The van der Waals surface area contributed by atoms with E-state index >= 15 is 9.18 Å². The zero-order chi connectivity index (χ0) is 43.2. The Labute approximate surface area is 358 Å². The lowest BCUT2D eigenvalue weighted by Gasteiger charge is -2.36. The summed E-state index contributed by atoms with van der Waals surface area (Å²) >= 11 is 0. The van der Waals surface area contributed by atoms with Crippen molar-refractivity contribution in [3.8, 4) is 5.69 Å². The van der Waals surface area contributed by atoms with Gasteiger partial charge in [-0.15, -0.1) is 0 Å². The maximum absolute atomic E-state index is 15.3. The Morgan fingerprint density at radius 2 is 1.69 bits per heavy atom. The van der Waals surface area contributed by atoms with Crippen molar-refractivity contribution in [1.29, 1.82) is 0 Å². The molecule has 2 saturated heterocycles. The number of aromatic nitrogens is 5. The monoisotopic (exact) mass is 842 g/mol. The predicted molar refractivity (Wildman–Crippen MR) is 232 cm³/mol. The van der Waals surface area contributed by atoms with E-state index in [9.17, 15) is 14.4 Å². The van der Waals surface area contributed by atoms with Crippen LogP contribution in [0.2, 0.25) is 0 Å². The summed E-state index contributed by atoms with van der Waals surface area (Å²) in [5.41, 5.74) is 4.16. The number of H-pyrrole nitrogens is 1. The summed E-state index contributed by atoms with van der Waals surface area (Å²) < 4.78 is 29.1. The van der Waals surface area contributed by atoms with Crippen LogP contribution in [0.5, 0.6) is 0 Å². The maximum atomic E-state index is 15.3. The van der Waals surface area contributed by atoms with Crippen molar-refractivity contribution in [2.24, 2.45) is 5.92 Å². The van der Waals surface area contributed by atoms with Crippen molar-refractivity contribution in [1.82, 2.24) is 34.1 Å². The molecule has 3 aromatic heterocycles. The topological polar surface area (TPSA) is 152 Å². The molecule has 0 bridgehead atoms. The van der Waals surface area contributed by atoms with E-state index in [0.29, 0.717) is 71.7 Å². The Kier molecular flexibility index (Phi) is 9.57. The number of anilines is 1. The Hall–Kier alpha value is -6.35. The number of nitrogens with zero attached hydrogens (tertiary/aromatic N) is 7. The maximum Gasteiger partial charge on any atom is 0.438 e. The Morgan fingerprint density at radius 1 is 0.968 bits per heavy atom. The molecule has 10 rings (SSSR count). The number of amides is 3. The third-order valence-electron chi connectivity index (χ3n) is 13.9. The number of ether oxygens (including phenoxy) is 1. The van der Waals surface area contributed by atoms with E-state index in [1.165, 1.54) is 15.0 Å². The molecule has 4 atom stereocenters. The van der Waals surface area contributed by atoms with Crippen LogP contribution in [0.4, 0.5) is 15.1 Å². The summed E-state index contributed by atoms with van der Waals surface area (Å²) in [7, 11) is 0. The average Bonchev–Trinajstić information content (AvgIpc) is 3.60. The predicted octanol–water partition coefficient (Wildman–Crippen LogP) is 7.31. The fourth-order valence-electron chi connectivity index (χ4n) is 10.3. The van der Waals surface area contributed by atoms with Gasteiger partial charge in [0.25, 0.3) is 11.5 Å². The smallest absolute Gasteiger partial charge is 0.381 e. The third-order valence-corrected chi connectivity index (χ3v) is 13.9. The molecule has 3 amide bonds. The van der Waals surface area contributed by atoms with Crippen LogP contribution >= 0.6 is 0 Å². The highest BCUT2D eigenvalue weighted by Crippen LogP contribution is 2.56. The van der Waals surface area contributed by atoms with Crippen molar-refractivity contribution < 1.29 is 24.7 Å². The molecular formula is C47H51FN8O6. The molecule has 6 heterocycles. The Morgan fingerprint density at radius 3 is 2.37 bits per heavy atom. The number of hydrogen-bond acceptors (Lipinski definition) is 8. The quantitative estimate of drug-likeness (QED) is 0.168. The first-order valence-electron chi connectivity index (χ1n) is 21.5.